The molecule has 1 aromatic heterocycles. The summed E-state index contributed by atoms with van der Waals surface area (Å²) in [4.78, 5) is 10.6. The Labute approximate surface area is 185 Å². The third-order valence-electron chi connectivity index (χ3n) is 3.99. The third-order valence-corrected chi connectivity index (χ3v) is 7.75. The molecule has 1 atom stereocenters. The zero-order valence-electron chi connectivity index (χ0n) is 15.5. The molecular formula is C15H26Br3N4O4P. The molecule has 0 aromatic carbocycles. The lowest BCUT2D eigenvalue weighted by Gasteiger charge is -2.37. The number of nitrogens with zero attached hydrogens (tertiary/aromatic N) is 4. The van der Waals surface area contributed by atoms with Gasteiger partial charge >= 0.3 is 13.5 Å². The van der Waals surface area contributed by atoms with Gasteiger partial charge in [-0.3, -0.25) is 9.09 Å². The van der Waals surface area contributed by atoms with Crippen molar-refractivity contribution in [3.8, 4) is 0 Å². The van der Waals surface area contributed by atoms with Gasteiger partial charge in [0.15, 0.2) is 0 Å². The highest BCUT2D eigenvalue weighted by atomic mass is 79.9. The molecule has 0 amide bonds. The van der Waals surface area contributed by atoms with E-state index in [0.29, 0.717) is 47.9 Å². The molecule has 0 spiro atoms. The van der Waals surface area contributed by atoms with Gasteiger partial charge < -0.3 is 10.1 Å². The van der Waals surface area contributed by atoms with E-state index < -0.39 is 12.6 Å². The second-order valence-corrected chi connectivity index (χ2v) is 10.5. The Morgan fingerprint density at radius 3 is 2.04 bits per heavy atom. The summed E-state index contributed by atoms with van der Waals surface area (Å²) in [6.45, 7) is 4.42. The fourth-order valence-corrected chi connectivity index (χ4v) is 7.24. The molecule has 0 saturated heterocycles. The second kappa shape index (κ2) is 12.7. The molecule has 0 bridgehead atoms. The Hall–Kier alpha value is 0.230. The van der Waals surface area contributed by atoms with Crippen LogP contribution in [0.5, 0.6) is 0 Å². The largest absolute Gasteiger partial charge is 0.358 e. The normalized spacial score (nSPS) is 14.0. The SMILES string of the molecule is CCCN(CCBr)P(=O)(OCc1ccc([N+](=O)[O-])n1C)N(CCBr)CCBr. The van der Waals surface area contributed by atoms with Crippen LogP contribution in [-0.2, 0) is 22.7 Å². The summed E-state index contributed by atoms with van der Waals surface area (Å²) in [5, 5.41) is 13.1. The molecule has 8 nitrogen and oxygen atoms in total. The minimum Gasteiger partial charge on any atom is -0.358 e. The summed E-state index contributed by atoms with van der Waals surface area (Å²) in [5.41, 5.74) is 0.606. The third kappa shape index (κ3) is 6.90. The maximum Gasteiger partial charge on any atom is 0.346 e. The maximum absolute atomic E-state index is 14.0. The quantitative estimate of drug-likeness (QED) is 0.133. The van der Waals surface area contributed by atoms with E-state index in [0.717, 1.165) is 6.42 Å². The van der Waals surface area contributed by atoms with Crippen LogP contribution in [0.3, 0.4) is 0 Å². The average Bonchev–Trinajstić information content (AvgIpc) is 3.00. The zero-order valence-corrected chi connectivity index (χ0v) is 21.2. The first-order valence-corrected chi connectivity index (χ1v) is 13.5. The van der Waals surface area contributed by atoms with Crippen LogP contribution in [0.15, 0.2) is 12.1 Å². The monoisotopic (exact) mass is 594 g/mol. The lowest BCUT2D eigenvalue weighted by Crippen LogP contribution is -2.36. The number of nitro groups is 1. The van der Waals surface area contributed by atoms with Crippen LogP contribution in [-0.4, -0.2) is 61.0 Å². The Morgan fingerprint density at radius 1 is 1.11 bits per heavy atom. The van der Waals surface area contributed by atoms with Gasteiger partial charge in [0.1, 0.15) is 12.3 Å². The van der Waals surface area contributed by atoms with Gasteiger partial charge in [0.05, 0.1) is 7.05 Å². The predicted octanol–water partition coefficient (Wildman–Crippen LogP) is 4.76. The van der Waals surface area contributed by atoms with E-state index in [-0.39, 0.29) is 12.4 Å². The van der Waals surface area contributed by atoms with E-state index in [1.54, 1.807) is 13.1 Å². The van der Waals surface area contributed by atoms with Gasteiger partial charge in [-0.15, -0.1) is 0 Å². The van der Waals surface area contributed by atoms with E-state index in [4.69, 9.17) is 4.52 Å². The van der Waals surface area contributed by atoms with Crippen molar-refractivity contribution in [3.05, 3.63) is 27.9 Å². The van der Waals surface area contributed by atoms with Gasteiger partial charge in [-0.2, -0.15) is 0 Å². The minimum atomic E-state index is -3.31. The van der Waals surface area contributed by atoms with Crippen molar-refractivity contribution in [2.75, 3.05) is 42.2 Å². The molecule has 0 N–H and O–H groups in total. The summed E-state index contributed by atoms with van der Waals surface area (Å²) in [6.07, 6.45) is 0.840. The highest BCUT2D eigenvalue weighted by molar-refractivity contribution is 9.09. The summed E-state index contributed by atoms with van der Waals surface area (Å²) in [6, 6.07) is 3.07. The molecule has 0 saturated carbocycles. The molecular weight excluding hydrogens is 571 g/mol. The molecule has 156 valence electrons. The van der Waals surface area contributed by atoms with Crippen LogP contribution in [0, 0.1) is 10.1 Å². The number of alkyl halides is 3. The number of halogens is 3. The molecule has 0 radical (unpaired) electrons. The summed E-state index contributed by atoms with van der Waals surface area (Å²) >= 11 is 10.3. The molecule has 1 rings (SSSR count). The number of rotatable bonds is 14. The van der Waals surface area contributed by atoms with Gasteiger partial charge in [-0.1, -0.05) is 54.7 Å². The maximum atomic E-state index is 14.0. The highest BCUT2D eigenvalue weighted by Crippen LogP contribution is 2.55. The van der Waals surface area contributed by atoms with E-state index in [1.807, 2.05) is 16.3 Å². The van der Waals surface area contributed by atoms with Crippen molar-refractivity contribution in [2.24, 2.45) is 7.05 Å². The highest BCUT2D eigenvalue weighted by Gasteiger charge is 2.38. The van der Waals surface area contributed by atoms with Gasteiger partial charge in [0.25, 0.3) is 0 Å². The van der Waals surface area contributed by atoms with Crippen LogP contribution in [0.1, 0.15) is 19.0 Å². The zero-order chi connectivity index (χ0) is 20.4. The number of hydrogen-bond acceptors (Lipinski definition) is 4. The molecule has 1 aromatic rings. The van der Waals surface area contributed by atoms with Crippen molar-refractivity contribution < 1.29 is 14.0 Å². The molecule has 0 aliphatic carbocycles. The Kier molecular flexibility index (Phi) is 11.9. The van der Waals surface area contributed by atoms with Crippen LogP contribution in [0.2, 0.25) is 0 Å². The molecule has 0 fully saturated rings. The minimum absolute atomic E-state index is 0.0212. The summed E-state index contributed by atoms with van der Waals surface area (Å²) in [7, 11) is -1.70. The Morgan fingerprint density at radius 2 is 1.63 bits per heavy atom. The molecule has 1 unspecified atom stereocenters. The Bertz CT molecular complexity index is 615. The molecule has 27 heavy (non-hydrogen) atoms. The average molecular weight is 597 g/mol. The van der Waals surface area contributed by atoms with Crippen LogP contribution in [0.25, 0.3) is 0 Å². The van der Waals surface area contributed by atoms with E-state index >= 15 is 0 Å². The Balaban J connectivity index is 3.16. The van der Waals surface area contributed by atoms with E-state index in [9.17, 15) is 14.7 Å². The predicted molar refractivity (Wildman–Crippen MR) is 119 cm³/mol. The van der Waals surface area contributed by atoms with Gasteiger partial charge in [-0.25, -0.2) is 13.9 Å². The van der Waals surface area contributed by atoms with Crippen molar-refractivity contribution in [1.29, 1.82) is 0 Å². The molecule has 12 heteroatoms. The lowest BCUT2D eigenvalue weighted by molar-refractivity contribution is -0.391. The van der Waals surface area contributed by atoms with Crippen molar-refractivity contribution >= 4 is 61.3 Å². The fourth-order valence-electron chi connectivity index (χ4n) is 2.64. The summed E-state index contributed by atoms with van der Waals surface area (Å²) < 4.78 is 25.2. The molecule has 0 aliphatic rings. The van der Waals surface area contributed by atoms with Gasteiger partial charge in [0, 0.05) is 48.2 Å². The lowest BCUT2D eigenvalue weighted by atomic mass is 10.5. The van der Waals surface area contributed by atoms with E-state index in [2.05, 4.69) is 47.8 Å². The first-order chi connectivity index (χ1) is 12.8. The first-order valence-electron chi connectivity index (χ1n) is 8.58. The van der Waals surface area contributed by atoms with Gasteiger partial charge in [0.2, 0.25) is 0 Å². The van der Waals surface area contributed by atoms with Gasteiger partial charge in [-0.05, 0) is 17.4 Å². The topological polar surface area (TPSA) is 80.9 Å². The van der Waals surface area contributed by atoms with Crippen LogP contribution in [0.4, 0.5) is 5.82 Å². The second-order valence-electron chi connectivity index (χ2n) is 5.74. The standard InChI is InChI=1S/C15H26Br3N4O4P/c1-3-9-20(10-6-16)27(25,21(11-7-17)12-8-18)26-13-14-4-5-15(19(14)2)22(23)24/h4-5H,3,6-13H2,1-2H3. The fraction of sp³-hybridized carbons (Fsp3) is 0.733. The first kappa shape index (κ1) is 25.3. The number of hydrogen-bond donors (Lipinski definition) is 0. The summed E-state index contributed by atoms with van der Waals surface area (Å²) in [5.74, 6) is -0.0212. The van der Waals surface area contributed by atoms with Crippen molar-refractivity contribution in [2.45, 2.75) is 20.0 Å². The smallest absolute Gasteiger partial charge is 0.346 e. The number of aromatic nitrogens is 1. The molecule has 1 heterocycles. The van der Waals surface area contributed by atoms with Crippen LogP contribution < -0.4 is 0 Å². The molecule has 0 aliphatic heterocycles. The van der Waals surface area contributed by atoms with E-state index in [1.165, 1.54) is 10.6 Å². The van der Waals surface area contributed by atoms with Crippen LogP contribution >= 0.6 is 55.5 Å². The van der Waals surface area contributed by atoms with Crippen molar-refractivity contribution in [1.82, 2.24) is 13.9 Å². The van der Waals surface area contributed by atoms with Crippen molar-refractivity contribution in [3.63, 3.8) is 0 Å².